The zero-order valence-corrected chi connectivity index (χ0v) is 18.6. The number of carboxylic acid groups (broad SMARTS) is 1. The molecule has 1 aliphatic heterocycles. The van der Waals surface area contributed by atoms with Crippen molar-refractivity contribution in [2.24, 2.45) is 23.7 Å². The van der Waals surface area contributed by atoms with Gasteiger partial charge in [0.2, 0.25) is 5.91 Å². The van der Waals surface area contributed by atoms with E-state index in [0.29, 0.717) is 26.1 Å². The number of fused-ring (bicyclic) bond motifs is 4. The van der Waals surface area contributed by atoms with Crippen molar-refractivity contribution in [2.75, 3.05) is 26.2 Å². The van der Waals surface area contributed by atoms with Crippen LogP contribution in [0.3, 0.4) is 0 Å². The number of nitrogens with zero attached hydrogens (tertiary/aromatic N) is 1. The Balaban J connectivity index is 1.07. The molecule has 2 aromatic rings. The first-order valence-corrected chi connectivity index (χ1v) is 11.6. The predicted molar refractivity (Wildman–Crippen MR) is 122 cm³/mol. The van der Waals surface area contributed by atoms with E-state index < -0.39 is 12.1 Å². The lowest BCUT2D eigenvalue weighted by Crippen LogP contribution is -2.37. The van der Waals surface area contributed by atoms with Crippen LogP contribution in [0, 0.1) is 23.7 Å². The van der Waals surface area contributed by atoms with Gasteiger partial charge in [-0.1, -0.05) is 55.5 Å². The fourth-order valence-electron chi connectivity index (χ4n) is 5.55. The van der Waals surface area contributed by atoms with E-state index in [0.717, 1.165) is 0 Å². The molecule has 2 unspecified atom stereocenters. The van der Waals surface area contributed by atoms with Gasteiger partial charge in [0.15, 0.2) is 0 Å². The summed E-state index contributed by atoms with van der Waals surface area (Å²) in [6, 6.07) is 16.4. The van der Waals surface area contributed by atoms with E-state index in [1.54, 1.807) is 4.90 Å². The monoisotopic (exact) mass is 448 g/mol. The normalized spacial score (nSPS) is 23.3. The Morgan fingerprint density at radius 1 is 1.03 bits per heavy atom. The van der Waals surface area contributed by atoms with Crippen LogP contribution in [0.5, 0.6) is 0 Å². The van der Waals surface area contributed by atoms with Crippen molar-refractivity contribution in [1.29, 1.82) is 0 Å². The number of amides is 2. The summed E-state index contributed by atoms with van der Waals surface area (Å²) in [5.41, 5.74) is 4.70. The standard InChI is InChI=1S/C26H28N2O5/c1-15(24(29)28-12-20-21(13-28)23(20)25(30)31)10-11-27-26(32)33-14-22-18-8-4-2-6-16(18)17-7-3-5-9-19(17)22/h2-9,15,20-23H,10-14H2,1H3,(H,27,32)(H,30,31)/t15?,20-,21+,23?. The van der Waals surface area contributed by atoms with Gasteiger partial charge in [-0.25, -0.2) is 4.79 Å². The molecule has 2 aliphatic carbocycles. The molecule has 1 heterocycles. The zero-order valence-electron chi connectivity index (χ0n) is 18.6. The Morgan fingerprint density at radius 2 is 1.61 bits per heavy atom. The van der Waals surface area contributed by atoms with Gasteiger partial charge in [0.1, 0.15) is 6.61 Å². The molecule has 0 bridgehead atoms. The lowest BCUT2D eigenvalue weighted by atomic mass is 9.98. The van der Waals surface area contributed by atoms with Crippen LogP contribution in [0.1, 0.15) is 30.4 Å². The van der Waals surface area contributed by atoms with E-state index in [9.17, 15) is 14.4 Å². The van der Waals surface area contributed by atoms with Crippen molar-refractivity contribution in [3.05, 3.63) is 59.7 Å². The third-order valence-corrected chi connectivity index (χ3v) is 7.40. The predicted octanol–water partition coefficient (Wildman–Crippen LogP) is 3.34. The number of alkyl carbamates (subject to hydrolysis) is 1. The average Bonchev–Trinajstić information content (AvgIpc) is 3.17. The number of benzene rings is 2. The molecule has 7 nitrogen and oxygen atoms in total. The number of rotatable bonds is 7. The maximum absolute atomic E-state index is 12.6. The third-order valence-electron chi connectivity index (χ3n) is 7.40. The van der Waals surface area contributed by atoms with Crippen LogP contribution < -0.4 is 5.32 Å². The van der Waals surface area contributed by atoms with E-state index in [1.165, 1.54) is 22.3 Å². The number of piperidine rings is 1. The highest BCUT2D eigenvalue weighted by Crippen LogP contribution is 2.52. The van der Waals surface area contributed by atoms with Crippen LogP contribution in [-0.4, -0.2) is 54.2 Å². The minimum absolute atomic E-state index is 0.0138. The van der Waals surface area contributed by atoms with Gasteiger partial charge in [-0.2, -0.15) is 0 Å². The van der Waals surface area contributed by atoms with Gasteiger partial charge in [-0.05, 0) is 40.5 Å². The quantitative estimate of drug-likeness (QED) is 0.677. The molecule has 33 heavy (non-hydrogen) atoms. The summed E-state index contributed by atoms with van der Waals surface area (Å²) in [4.78, 5) is 37.8. The van der Waals surface area contributed by atoms with Gasteiger partial charge >= 0.3 is 12.1 Å². The van der Waals surface area contributed by atoms with Gasteiger partial charge in [0, 0.05) is 31.5 Å². The van der Waals surface area contributed by atoms with Crippen molar-refractivity contribution in [3.63, 3.8) is 0 Å². The average molecular weight is 449 g/mol. The van der Waals surface area contributed by atoms with Crippen LogP contribution in [0.15, 0.2) is 48.5 Å². The second-order valence-corrected chi connectivity index (χ2v) is 9.38. The van der Waals surface area contributed by atoms with Crippen LogP contribution in [0.4, 0.5) is 4.79 Å². The second kappa shape index (κ2) is 8.54. The fraction of sp³-hybridized carbons (Fsp3) is 0.423. The van der Waals surface area contributed by atoms with E-state index in [2.05, 4.69) is 29.6 Å². The molecule has 2 aromatic carbocycles. The first kappa shape index (κ1) is 21.5. The molecule has 172 valence electrons. The SMILES string of the molecule is CC(CCNC(=O)OCC1c2ccccc2-c2ccccc21)C(=O)N1C[C@@H]2C(C(=O)O)[C@@H]2C1. The number of likely N-dealkylation sites (tertiary alicyclic amines) is 1. The number of hydrogen-bond acceptors (Lipinski definition) is 4. The van der Waals surface area contributed by atoms with E-state index in [1.807, 2.05) is 31.2 Å². The maximum atomic E-state index is 12.6. The highest BCUT2D eigenvalue weighted by Gasteiger charge is 2.60. The van der Waals surface area contributed by atoms with Gasteiger partial charge < -0.3 is 20.1 Å². The Kier molecular flexibility index (Phi) is 5.56. The molecule has 1 saturated carbocycles. The summed E-state index contributed by atoms with van der Waals surface area (Å²) in [5.74, 6) is -1.01. The first-order chi connectivity index (χ1) is 16.0. The van der Waals surface area contributed by atoms with Crippen LogP contribution in [-0.2, 0) is 14.3 Å². The Hall–Kier alpha value is -3.35. The van der Waals surface area contributed by atoms with Crippen LogP contribution in [0.2, 0.25) is 0 Å². The lowest BCUT2D eigenvalue weighted by Gasteiger charge is -2.23. The third kappa shape index (κ3) is 3.96. The van der Waals surface area contributed by atoms with E-state index in [4.69, 9.17) is 9.84 Å². The Labute approximate surface area is 192 Å². The number of ether oxygens (including phenoxy) is 1. The maximum Gasteiger partial charge on any atom is 0.407 e. The minimum atomic E-state index is -0.752. The van der Waals surface area contributed by atoms with Gasteiger partial charge in [0.05, 0.1) is 5.92 Å². The summed E-state index contributed by atoms with van der Waals surface area (Å²) in [5, 5.41) is 11.9. The zero-order chi connectivity index (χ0) is 23.1. The number of nitrogens with one attached hydrogen (secondary N) is 1. The molecule has 0 spiro atoms. The van der Waals surface area contributed by atoms with Crippen LogP contribution in [0.25, 0.3) is 11.1 Å². The number of aliphatic carboxylic acids is 1. The molecule has 2 fully saturated rings. The van der Waals surface area contributed by atoms with Crippen LogP contribution >= 0.6 is 0 Å². The summed E-state index contributed by atoms with van der Waals surface area (Å²) < 4.78 is 5.53. The largest absolute Gasteiger partial charge is 0.481 e. The smallest absolute Gasteiger partial charge is 0.407 e. The Morgan fingerprint density at radius 3 is 2.18 bits per heavy atom. The fourth-order valence-corrected chi connectivity index (χ4v) is 5.55. The highest BCUT2D eigenvalue weighted by molar-refractivity contribution is 5.81. The van der Waals surface area contributed by atoms with Gasteiger partial charge in [-0.15, -0.1) is 0 Å². The van der Waals surface area contributed by atoms with E-state index in [-0.39, 0.29) is 42.1 Å². The number of carbonyl (C=O) groups is 3. The number of carboxylic acids is 1. The number of carbonyl (C=O) groups excluding carboxylic acids is 2. The highest BCUT2D eigenvalue weighted by atomic mass is 16.5. The molecular weight excluding hydrogens is 420 g/mol. The molecule has 1 saturated heterocycles. The van der Waals surface area contributed by atoms with Crippen molar-refractivity contribution in [3.8, 4) is 11.1 Å². The summed E-state index contributed by atoms with van der Waals surface area (Å²) >= 11 is 0. The topological polar surface area (TPSA) is 95.9 Å². The van der Waals surface area contributed by atoms with E-state index >= 15 is 0 Å². The molecule has 5 rings (SSSR count). The van der Waals surface area contributed by atoms with Gasteiger partial charge in [-0.3, -0.25) is 9.59 Å². The van der Waals surface area contributed by atoms with Gasteiger partial charge in [0.25, 0.3) is 0 Å². The summed E-state index contributed by atoms with van der Waals surface area (Å²) in [7, 11) is 0. The second-order valence-electron chi connectivity index (χ2n) is 9.38. The molecule has 3 aliphatic rings. The van der Waals surface area contributed by atoms with Crippen molar-refractivity contribution >= 4 is 18.0 Å². The van der Waals surface area contributed by atoms with Crippen molar-refractivity contribution in [1.82, 2.24) is 10.2 Å². The first-order valence-electron chi connectivity index (χ1n) is 11.6. The molecule has 0 aromatic heterocycles. The molecule has 7 heteroatoms. The minimum Gasteiger partial charge on any atom is -0.481 e. The summed E-state index contributed by atoms with van der Waals surface area (Å²) in [6.45, 7) is 3.52. The summed E-state index contributed by atoms with van der Waals surface area (Å²) in [6.07, 6.45) is 0.0280. The molecular formula is C26H28N2O5. The van der Waals surface area contributed by atoms with Crippen molar-refractivity contribution in [2.45, 2.75) is 19.3 Å². The van der Waals surface area contributed by atoms with Crippen molar-refractivity contribution < 1.29 is 24.2 Å². The Bertz CT molecular complexity index is 1040. The molecule has 0 radical (unpaired) electrons. The molecule has 4 atom stereocenters. The molecule has 2 N–H and O–H groups in total. The lowest BCUT2D eigenvalue weighted by molar-refractivity contribution is -0.141. The number of hydrogen-bond donors (Lipinski definition) is 2. The molecule has 2 amide bonds.